The van der Waals surface area contributed by atoms with Crippen molar-refractivity contribution in [3.05, 3.63) is 35.9 Å². The van der Waals surface area contributed by atoms with E-state index in [1.54, 1.807) is 7.11 Å². The number of benzene rings is 1. The fourth-order valence-electron chi connectivity index (χ4n) is 6.41. The SMILES string of the molecule is COC(C)(C)OC[C@H]1O[C@@H](OC[C@H]2O[C@@H]3OC(C)(C)O[C@@H]3[C@H]3OC(C)(C)O[C@H]32)[C@H](OCc2ccccc2)[C@H]2OC(C)(C)O[C@H]21. The fraction of sp³-hybridized carbons (Fsp3) is 0.812. The van der Waals surface area contributed by atoms with E-state index in [2.05, 4.69) is 0 Å². The van der Waals surface area contributed by atoms with Crippen LogP contribution in [0.1, 0.15) is 61.0 Å². The molecule has 5 heterocycles. The Morgan fingerprint density at radius 2 is 1.23 bits per heavy atom. The Morgan fingerprint density at radius 1 is 0.659 bits per heavy atom. The van der Waals surface area contributed by atoms with Gasteiger partial charge in [-0.15, -0.1) is 0 Å². The quantitative estimate of drug-likeness (QED) is 0.355. The number of ether oxygens (including phenoxy) is 12. The molecule has 6 rings (SSSR count). The van der Waals surface area contributed by atoms with Crippen molar-refractivity contribution in [2.75, 3.05) is 20.3 Å². The zero-order chi connectivity index (χ0) is 31.5. The smallest absolute Gasteiger partial charge is 0.190 e. The Kier molecular flexibility index (Phi) is 8.97. The molecule has 0 spiro atoms. The van der Waals surface area contributed by atoms with Crippen LogP contribution in [0.4, 0.5) is 0 Å². The number of hydrogen-bond acceptors (Lipinski definition) is 12. The lowest BCUT2D eigenvalue weighted by Gasteiger charge is -2.43. The highest BCUT2D eigenvalue weighted by molar-refractivity contribution is 5.13. The van der Waals surface area contributed by atoms with Crippen molar-refractivity contribution in [2.45, 2.75) is 147 Å². The van der Waals surface area contributed by atoms with E-state index in [9.17, 15) is 0 Å². The van der Waals surface area contributed by atoms with Gasteiger partial charge in [0.1, 0.15) is 48.8 Å². The molecule has 5 aliphatic rings. The molecule has 0 radical (unpaired) electrons. The summed E-state index contributed by atoms with van der Waals surface area (Å²) < 4.78 is 75.1. The molecule has 0 amide bonds. The number of fused-ring (bicyclic) bond motifs is 4. The molecule has 0 bridgehead atoms. The van der Waals surface area contributed by atoms with Crippen molar-refractivity contribution >= 4 is 0 Å². The molecule has 0 aliphatic carbocycles. The van der Waals surface area contributed by atoms with E-state index < -0.39 is 84.6 Å². The first kappa shape index (κ1) is 32.7. The van der Waals surface area contributed by atoms with Crippen LogP contribution in [0, 0.1) is 0 Å². The van der Waals surface area contributed by atoms with Crippen LogP contribution in [-0.4, -0.2) is 105 Å². The molecule has 12 nitrogen and oxygen atoms in total. The monoisotopic (exact) mass is 624 g/mol. The third kappa shape index (κ3) is 7.02. The van der Waals surface area contributed by atoms with Crippen LogP contribution in [0.2, 0.25) is 0 Å². The molecule has 12 heteroatoms. The maximum Gasteiger partial charge on any atom is 0.190 e. The molecule has 0 saturated carbocycles. The zero-order valence-electron chi connectivity index (χ0n) is 27.2. The highest BCUT2D eigenvalue weighted by atomic mass is 16.9. The highest BCUT2D eigenvalue weighted by Crippen LogP contribution is 2.45. The van der Waals surface area contributed by atoms with Gasteiger partial charge in [0.2, 0.25) is 0 Å². The molecule has 248 valence electrons. The summed E-state index contributed by atoms with van der Waals surface area (Å²) in [6.07, 6.45) is -5.40. The topological polar surface area (TPSA) is 111 Å². The van der Waals surface area contributed by atoms with E-state index in [-0.39, 0.29) is 13.2 Å². The Morgan fingerprint density at radius 3 is 1.91 bits per heavy atom. The summed E-state index contributed by atoms with van der Waals surface area (Å²) in [6, 6.07) is 9.93. The molecule has 44 heavy (non-hydrogen) atoms. The van der Waals surface area contributed by atoms with Crippen molar-refractivity contribution in [1.29, 1.82) is 0 Å². The van der Waals surface area contributed by atoms with Crippen LogP contribution in [0.25, 0.3) is 0 Å². The average molecular weight is 625 g/mol. The molecule has 10 atom stereocenters. The van der Waals surface area contributed by atoms with Crippen molar-refractivity contribution in [3.8, 4) is 0 Å². The van der Waals surface area contributed by atoms with Gasteiger partial charge in [-0.1, -0.05) is 30.3 Å². The molecule has 5 aliphatic heterocycles. The van der Waals surface area contributed by atoms with Gasteiger partial charge in [0.05, 0.1) is 19.8 Å². The van der Waals surface area contributed by atoms with E-state index in [1.165, 1.54) is 0 Å². The Bertz CT molecular complexity index is 1130. The summed E-state index contributed by atoms with van der Waals surface area (Å²) in [5.41, 5.74) is 1.01. The van der Waals surface area contributed by atoms with E-state index in [0.29, 0.717) is 6.61 Å². The van der Waals surface area contributed by atoms with Crippen molar-refractivity contribution in [2.24, 2.45) is 0 Å². The van der Waals surface area contributed by atoms with Gasteiger partial charge >= 0.3 is 0 Å². The maximum absolute atomic E-state index is 6.58. The fourth-order valence-corrected chi connectivity index (χ4v) is 6.41. The predicted molar refractivity (Wildman–Crippen MR) is 153 cm³/mol. The standard InChI is InChI=1S/C32H48O12/c1-29(2,33-9)36-17-20-22-23(41-30(3,4)40-22)25(34-15-18-13-11-10-12-14-18)27(37-20)35-16-19-21-24(42-31(5,6)39-21)26-28(38-19)44-32(7,8)43-26/h10-14,19-28H,15-17H2,1-9H3/t19-,20-,21+,22+,23+,24+,25-,26-,27-,28-/m1/s1. The lowest BCUT2D eigenvalue weighted by Crippen LogP contribution is -2.61. The molecular weight excluding hydrogens is 576 g/mol. The third-order valence-corrected chi connectivity index (χ3v) is 8.48. The summed E-state index contributed by atoms with van der Waals surface area (Å²) in [4.78, 5) is 0. The van der Waals surface area contributed by atoms with E-state index in [4.69, 9.17) is 56.8 Å². The van der Waals surface area contributed by atoms with Crippen molar-refractivity contribution in [1.82, 2.24) is 0 Å². The highest BCUT2D eigenvalue weighted by Gasteiger charge is 2.61. The molecule has 5 saturated heterocycles. The van der Waals surface area contributed by atoms with Gasteiger partial charge in [0.25, 0.3) is 0 Å². The van der Waals surface area contributed by atoms with E-state index >= 15 is 0 Å². The molecule has 0 aromatic heterocycles. The minimum Gasteiger partial charge on any atom is -0.365 e. The first-order valence-corrected chi connectivity index (χ1v) is 15.5. The first-order valence-electron chi connectivity index (χ1n) is 15.5. The summed E-state index contributed by atoms with van der Waals surface area (Å²) >= 11 is 0. The van der Waals surface area contributed by atoms with Crippen LogP contribution >= 0.6 is 0 Å². The van der Waals surface area contributed by atoms with Crippen LogP contribution in [-0.2, 0) is 63.4 Å². The largest absolute Gasteiger partial charge is 0.365 e. The Hall–Kier alpha value is -1.26. The Labute approximate surface area is 259 Å². The van der Waals surface area contributed by atoms with Crippen LogP contribution < -0.4 is 0 Å². The van der Waals surface area contributed by atoms with Gasteiger partial charge in [-0.3, -0.25) is 0 Å². The lowest BCUT2D eigenvalue weighted by atomic mass is 9.98. The van der Waals surface area contributed by atoms with Gasteiger partial charge in [0.15, 0.2) is 35.7 Å². The summed E-state index contributed by atoms with van der Waals surface area (Å²) in [5, 5.41) is 0. The average Bonchev–Trinajstić information content (AvgIpc) is 3.57. The normalized spacial score (nSPS) is 40.4. The van der Waals surface area contributed by atoms with Crippen molar-refractivity contribution < 1.29 is 56.8 Å². The Balaban J connectivity index is 1.23. The van der Waals surface area contributed by atoms with Gasteiger partial charge in [-0.05, 0) is 61.0 Å². The van der Waals surface area contributed by atoms with Crippen LogP contribution in [0.3, 0.4) is 0 Å². The molecule has 0 N–H and O–H groups in total. The zero-order valence-corrected chi connectivity index (χ0v) is 27.2. The molecule has 1 aromatic carbocycles. The first-order chi connectivity index (χ1) is 20.6. The number of rotatable bonds is 10. The third-order valence-electron chi connectivity index (χ3n) is 8.48. The van der Waals surface area contributed by atoms with E-state index in [0.717, 1.165) is 5.56 Å². The summed E-state index contributed by atoms with van der Waals surface area (Å²) in [7, 11) is 1.60. The lowest BCUT2D eigenvalue weighted by molar-refractivity contribution is -0.319. The molecule has 0 unspecified atom stereocenters. The number of hydrogen-bond donors (Lipinski definition) is 0. The second kappa shape index (κ2) is 12.1. The number of methoxy groups -OCH3 is 1. The van der Waals surface area contributed by atoms with Gasteiger partial charge in [0, 0.05) is 7.11 Å². The van der Waals surface area contributed by atoms with Gasteiger partial charge in [-0.25, -0.2) is 0 Å². The van der Waals surface area contributed by atoms with Crippen molar-refractivity contribution in [3.63, 3.8) is 0 Å². The summed E-state index contributed by atoms with van der Waals surface area (Å²) in [5.74, 6) is -3.33. The van der Waals surface area contributed by atoms with Crippen LogP contribution in [0.5, 0.6) is 0 Å². The minimum atomic E-state index is -0.862. The van der Waals surface area contributed by atoms with Crippen LogP contribution in [0.15, 0.2) is 30.3 Å². The predicted octanol–water partition coefficient (Wildman–Crippen LogP) is 3.63. The summed E-state index contributed by atoms with van der Waals surface area (Å²) in [6.45, 7) is 15.5. The second-order valence-electron chi connectivity index (χ2n) is 13.8. The maximum atomic E-state index is 6.58. The second-order valence-corrected chi connectivity index (χ2v) is 13.8. The molecule has 1 aromatic rings. The minimum absolute atomic E-state index is 0.113. The van der Waals surface area contributed by atoms with Gasteiger partial charge in [-0.2, -0.15) is 0 Å². The molecule has 5 fully saturated rings. The van der Waals surface area contributed by atoms with Gasteiger partial charge < -0.3 is 56.8 Å². The molecular formula is C32H48O12. The van der Waals surface area contributed by atoms with E-state index in [1.807, 2.05) is 85.7 Å².